The Morgan fingerprint density at radius 1 is 1.09 bits per heavy atom. The Labute approximate surface area is 191 Å². The van der Waals surface area contributed by atoms with Gasteiger partial charge in [-0.2, -0.15) is 0 Å². The van der Waals surface area contributed by atoms with E-state index in [2.05, 4.69) is 38.1 Å². The molecule has 0 radical (unpaired) electrons. The van der Waals surface area contributed by atoms with E-state index in [9.17, 15) is 0 Å². The molecule has 7 nitrogen and oxygen atoms in total. The maximum Gasteiger partial charge on any atom is 0.231 e. The van der Waals surface area contributed by atoms with E-state index in [-0.39, 0.29) is 25.0 Å². The molecule has 3 atom stereocenters. The quantitative estimate of drug-likeness (QED) is 0.593. The lowest BCUT2D eigenvalue weighted by Gasteiger charge is -2.29. The lowest BCUT2D eigenvalue weighted by atomic mass is 10.0. The molecular weight excluding hydrogens is 424 g/mol. The summed E-state index contributed by atoms with van der Waals surface area (Å²) in [6, 6.07) is 16.1. The second kappa shape index (κ2) is 8.11. The van der Waals surface area contributed by atoms with Crippen molar-refractivity contribution in [2.45, 2.75) is 37.6 Å². The fraction of sp³-hybridized carbons (Fsp3) is 0.333. The van der Waals surface area contributed by atoms with E-state index in [1.54, 1.807) is 0 Å². The largest absolute Gasteiger partial charge is 0.454 e. The fourth-order valence-corrected chi connectivity index (χ4v) is 5.18. The first kappa shape index (κ1) is 19.6. The van der Waals surface area contributed by atoms with Gasteiger partial charge in [0.25, 0.3) is 0 Å². The maximum atomic E-state index is 5.92. The van der Waals surface area contributed by atoms with Crippen molar-refractivity contribution in [1.29, 1.82) is 0 Å². The van der Waals surface area contributed by atoms with E-state index in [0.29, 0.717) is 5.11 Å². The molecule has 2 aromatic heterocycles. The molecule has 2 saturated heterocycles. The third-order valence-corrected chi connectivity index (χ3v) is 6.64. The van der Waals surface area contributed by atoms with Crippen molar-refractivity contribution in [3.8, 4) is 11.5 Å². The van der Waals surface area contributed by atoms with Crippen molar-refractivity contribution in [2.24, 2.45) is 0 Å². The molecule has 1 N–H and O–H groups in total. The third kappa shape index (κ3) is 3.40. The van der Waals surface area contributed by atoms with Crippen LogP contribution in [-0.2, 0) is 11.3 Å². The standard InChI is InChI=1S/C24H24N4O3S/c32-24-26-22(18-6-1-2-10-25-18)23(19-7-3-11-27(19)14-17-5-4-12-29-17)28(24)16-8-9-20-21(13-16)31-15-30-20/h1-3,6-11,13,17,22-23H,4-5,12,14-15H2,(H,26,32)/t17-,22-,23-/m0/s1. The molecule has 0 bridgehead atoms. The number of hydrogen-bond acceptors (Lipinski definition) is 5. The Bertz CT molecular complexity index is 1130. The van der Waals surface area contributed by atoms with Gasteiger partial charge in [0.05, 0.1) is 17.8 Å². The summed E-state index contributed by atoms with van der Waals surface area (Å²) in [5.74, 6) is 1.49. The molecule has 3 aliphatic rings. The van der Waals surface area contributed by atoms with Crippen LogP contribution >= 0.6 is 12.2 Å². The predicted molar refractivity (Wildman–Crippen MR) is 124 cm³/mol. The summed E-state index contributed by atoms with van der Waals surface area (Å²) in [7, 11) is 0. The first-order chi connectivity index (χ1) is 15.8. The number of ether oxygens (including phenoxy) is 3. The first-order valence-electron chi connectivity index (χ1n) is 10.9. The Morgan fingerprint density at radius 2 is 2.03 bits per heavy atom. The normalized spacial score (nSPS) is 24.2. The van der Waals surface area contributed by atoms with Crippen LogP contribution in [-0.4, -0.2) is 34.2 Å². The van der Waals surface area contributed by atoms with Crippen molar-refractivity contribution in [1.82, 2.24) is 14.9 Å². The van der Waals surface area contributed by atoms with Gasteiger partial charge in [-0.3, -0.25) is 4.98 Å². The molecule has 164 valence electrons. The van der Waals surface area contributed by atoms with Crippen LogP contribution in [0.5, 0.6) is 11.5 Å². The Morgan fingerprint density at radius 3 is 2.88 bits per heavy atom. The average molecular weight is 449 g/mol. The number of pyridine rings is 1. The van der Waals surface area contributed by atoms with Gasteiger partial charge in [0, 0.05) is 43.0 Å². The van der Waals surface area contributed by atoms with Crippen molar-refractivity contribution in [2.75, 3.05) is 18.3 Å². The number of benzene rings is 1. The molecule has 0 aliphatic carbocycles. The molecule has 0 unspecified atom stereocenters. The van der Waals surface area contributed by atoms with Crippen molar-refractivity contribution < 1.29 is 14.2 Å². The van der Waals surface area contributed by atoms with Gasteiger partial charge in [0.2, 0.25) is 6.79 Å². The SMILES string of the molecule is S=C1N[C@@H](c2ccccn2)[C@H](c2cccn2C[C@@H]2CCCO2)N1c1ccc2c(c1)OCO2. The van der Waals surface area contributed by atoms with Gasteiger partial charge >= 0.3 is 0 Å². The van der Waals surface area contributed by atoms with E-state index in [4.69, 9.17) is 26.4 Å². The minimum atomic E-state index is -0.0905. The topological polar surface area (TPSA) is 60.8 Å². The number of nitrogens with zero attached hydrogens (tertiary/aromatic N) is 3. The minimum Gasteiger partial charge on any atom is -0.454 e. The van der Waals surface area contributed by atoms with Crippen LogP contribution < -0.4 is 19.7 Å². The van der Waals surface area contributed by atoms with Gasteiger partial charge in [-0.1, -0.05) is 6.07 Å². The van der Waals surface area contributed by atoms with E-state index >= 15 is 0 Å². The molecule has 6 rings (SSSR count). The van der Waals surface area contributed by atoms with Gasteiger partial charge in [-0.15, -0.1) is 0 Å². The highest BCUT2D eigenvalue weighted by Gasteiger charge is 2.42. The molecule has 0 amide bonds. The number of anilines is 1. The highest BCUT2D eigenvalue weighted by Crippen LogP contribution is 2.44. The van der Waals surface area contributed by atoms with E-state index in [1.807, 2.05) is 42.6 Å². The highest BCUT2D eigenvalue weighted by molar-refractivity contribution is 7.80. The van der Waals surface area contributed by atoms with Crippen LogP contribution in [0.15, 0.2) is 60.9 Å². The van der Waals surface area contributed by atoms with Gasteiger partial charge in [-0.25, -0.2) is 0 Å². The number of thiocarbonyl (C=S) groups is 1. The van der Waals surface area contributed by atoms with E-state index in [0.717, 1.165) is 48.9 Å². The first-order valence-corrected chi connectivity index (χ1v) is 11.4. The summed E-state index contributed by atoms with van der Waals surface area (Å²) in [6.45, 7) is 1.91. The fourth-order valence-electron chi connectivity index (χ4n) is 4.84. The lowest BCUT2D eigenvalue weighted by Crippen LogP contribution is -2.31. The second-order valence-corrected chi connectivity index (χ2v) is 8.64. The lowest BCUT2D eigenvalue weighted by molar-refractivity contribution is 0.0961. The van der Waals surface area contributed by atoms with Crippen molar-refractivity contribution in [3.63, 3.8) is 0 Å². The molecule has 1 aromatic carbocycles. The summed E-state index contributed by atoms with van der Waals surface area (Å²) in [6.07, 6.45) is 6.41. The van der Waals surface area contributed by atoms with E-state index in [1.165, 1.54) is 5.69 Å². The monoisotopic (exact) mass is 448 g/mol. The zero-order valence-electron chi connectivity index (χ0n) is 17.5. The summed E-state index contributed by atoms with van der Waals surface area (Å²) < 4.78 is 19.4. The Hall–Kier alpha value is -3.10. The zero-order valence-corrected chi connectivity index (χ0v) is 18.3. The molecule has 3 aliphatic heterocycles. The van der Waals surface area contributed by atoms with Crippen LogP contribution in [0.2, 0.25) is 0 Å². The minimum absolute atomic E-state index is 0.0748. The van der Waals surface area contributed by atoms with Gasteiger partial charge in [0.1, 0.15) is 6.04 Å². The van der Waals surface area contributed by atoms with Gasteiger partial charge < -0.3 is 29.0 Å². The summed E-state index contributed by atoms with van der Waals surface area (Å²) >= 11 is 5.85. The summed E-state index contributed by atoms with van der Waals surface area (Å²) in [5, 5.41) is 4.19. The second-order valence-electron chi connectivity index (χ2n) is 8.25. The zero-order chi connectivity index (χ0) is 21.5. The number of hydrogen-bond donors (Lipinski definition) is 1. The molecule has 32 heavy (non-hydrogen) atoms. The molecular formula is C24H24N4O3S. The molecule has 8 heteroatoms. The number of rotatable bonds is 5. The van der Waals surface area contributed by atoms with Crippen LogP contribution in [0.4, 0.5) is 5.69 Å². The Kier molecular flexibility index (Phi) is 4.96. The third-order valence-electron chi connectivity index (χ3n) is 6.32. The smallest absolute Gasteiger partial charge is 0.231 e. The summed E-state index contributed by atoms with van der Waals surface area (Å²) in [5.41, 5.74) is 3.08. The average Bonchev–Trinajstić information content (AvgIpc) is 3.61. The molecule has 0 spiro atoms. The maximum absolute atomic E-state index is 5.92. The van der Waals surface area contributed by atoms with Crippen molar-refractivity contribution >= 4 is 23.0 Å². The summed E-state index contributed by atoms with van der Waals surface area (Å²) in [4.78, 5) is 6.81. The van der Waals surface area contributed by atoms with Gasteiger partial charge in [-0.05, 0) is 61.5 Å². The predicted octanol–water partition coefficient (Wildman–Crippen LogP) is 3.97. The molecule has 0 saturated carbocycles. The van der Waals surface area contributed by atoms with Crippen LogP contribution in [0.25, 0.3) is 0 Å². The highest BCUT2D eigenvalue weighted by atomic mass is 32.1. The van der Waals surface area contributed by atoms with Gasteiger partial charge in [0.15, 0.2) is 16.6 Å². The number of nitrogens with one attached hydrogen (secondary N) is 1. The van der Waals surface area contributed by atoms with Crippen LogP contribution in [0.1, 0.15) is 36.3 Å². The molecule has 2 fully saturated rings. The van der Waals surface area contributed by atoms with Crippen LogP contribution in [0, 0.1) is 0 Å². The van der Waals surface area contributed by atoms with E-state index < -0.39 is 0 Å². The number of fused-ring (bicyclic) bond motifs is 1. The molecule has 5 heterocycles. The number of aromatic nitrogens is 2. The molecule has 3 aromatic rings. The van der Waals surface area contributed by atoms with Crippen molar-refractivity contribution in [3.05, 3.63) is 72.3 Å². The Balaban J connectivity index is 1.43. The van der Waals surface area contributed by atoms with Crippen LogP contribution in [0.3, 0.4) is 0 Å².